The summed E-state index contributed by atoms with van der Waals surface area (Å²) in [5.41, 5.74) is 4.10. The highest BCUT2D eigenvalue weighted by Gasteiger charge is 2.22. The fourth-order valence-corrected chi connectivity index (χ4v) is 3.36. The predicted octanol–water partition coefficient (Wildman–Crippen LogP) is 3.20. The largest absolute Gasteiger partial charge is 0.494 e. The summed E-state index contributed by atoms with van der Waals surface area (Å²) in [4.78, 5) is 12.4. The molecule has 0 saturated heterocycles. The maximum absolute atomic E-state index is 12.4. The zero-order chi connectivity index (χ0) is 19.3. The van der Waals surface area contributed by atoms with Gasteiger partial charge in [-0.25, -0.2) is 0 Å². The molecule has 6 heteroatoms. The molecule has 0 saturated carbocycles. The van der Waals surface area contributed by atoms with E-state index >= 15 is 0 Å². The lowest BCUT2D eigenvalue weighted by atomic mass is 10.0. The van der Waals surface area contributed by atoms with Crippen molar-refractivity contribution in [3.63, 3.8) is 0 Å². The summed E-state index contributed by atoms with van der Waals surface area (Å²) >= 11 is 0. The van der Waals surface area contributed by atoms with Gasteiger partial charge < -0.3 is 14.8 Å². The Morgan fingerprint density at radius 2 is 2.04 bits per heavy atom. The molecule has 6 nitrogen and oxygen atoms in total. The lowest BCUT2D eigenvalue weighted by Crippen LogP contribution is -2.30. The molecule has 0 aliphatic carbocycles. The first-order chi connectivity index (χ1) is 13.7. The van der Waals surface area contributed by atoms with Crippen LogP contribution in [0.2, 0.25) is 0 Å². The van der Waals surface area contributed by atoms with Gasteiger partial charge in [-0.05, 0) is 43.2 Å². The molecule has 144 valence electrons. The third-order valence-corrected chi connectivity index (χ3v) is 4.70. The summed E-state index contributed by atoms with van der Waals surface area (Å²) in [6, 6.07) is 15.8. The number of para-hydroxylation sites is 1. The van der Waals surface area contributed by atoms with Crippen molar-refractivity contribution in [3.8, 4) is 22.8 Å². The van der Waals surface area contributed by atoms with E-state index in [9.17, 15) is 4.79 Å². The first-order valence-electron chi connectivity index (χ1n) is 9.50. The van der Waals surface area contributed by atoms with Gasteiger partial charge in [0.15, 0.2) is 0 Å². The van der Waals surface area contributed by atoms with E-state index in [0.29, 0.717) is 19.8 Å². The maximum atomic E-state index is 12.4. The molecule has 0 radical (unpaired) electrons. The van der Waals surface area contributed by atoms with Gasteiger partial charge in [-0.3, -0.25) is 9.48 Å². The van der Waals surface area contributed by atoms with Gasteiger partial charge in [0.2, 0.25) is 5.91 Å². The molecule has 1 amide bonds. The molecule has 1 aliphatic rings. The Bertz CT molecular complexity index is 963. The lowest BCUT2D eigenvalue weighted by Gasteiger charge is -2.19. The quantitative estimate of drug-likeness (QED) is 0.687. The van der Waals surface area contributed by atoms with Crippen molar-refractivity contribution in [1.29, 1.82) is 0 Å². The zero-order valence-corrected chi connectivity index (χ0v) is 15.9. The van der Waals surface area contributed by atoms with Crippen molar-refractivity contribution >= 4 is 5.91 Å². The predicted molar refractivity (Wildman–Crippen MR) is 106 cm³/mol. The van der Waals surface area contributed by atoms with Gasteiger partial charge in [0.25, 0.3) is 0 Å². The molecular formula is C22H23N3O3. The molecule has 3 aromatic rings. The third kappa shape index (κ3) is 3.86. The third-order valence-electron chi connectivity index (χ3n) is 4.70. The molecule has 0 spiro atoms. The van der Waals surface area contributed by atoms with Crippen LogP contribution in [0.3, 0.4) is 0 Å². The highest BCUT2D eigenvalue weighted by molar-refractivity contribution is 5.78. The summed E-state index contributed by atoms with van der Waals surface area (Å²) in [5.74, 6) is 1.64. The molecule has 1 aliphatic heterocycles. The molecule has 2 heterocycles. The van der Waals surface area contributed by atoms with E-state index < -0.39 is 0 Å². The fourth-order valence-electron chi connectivity index (χ4n) is 3.36. The number of nitrogens with zero attached hydrogens (tertiary/aromatic N) is 2. The standard InChI is InChI=1S/C22H23N3O3/c1-2-27-18-9-7-16(8-10-18)11-12-23-21(26)14-25-22-17(13-24-25)15-28-20-6-4-3-5-19(20)22/h3-10,13H,2,11-12,14-15H2,1H3,(H,23,26). The monoisotopic (exact) mass is 377 g/mol. The van der Waals surface area contributed by atoms with E-state index in [1.807, 2.05) is 55.5 Å². The average Bonchev–Trinajstić information content (AvgIpc) is 3.13. The minimum absolute atomic E-state index is 0.0548. The number of rotatable bonds is 7. The molecule has 28 heavy (non-hydrogen) atoms. The number of amides is 1. The second kappa shape index (κ2) is 8.17. The molecule has 0 fully saturated rings. The summed E-state index contributed by atoms with van der Waals surface area (Å²) < 4.78 is 12.9. The van der Waals surface area contributed by atoms with E-state index in [4.69, 9.17) is 9.47 Å². The highest BCUT2D eigenvalue weighted by Crippen LogP contribution is 2.36. The van der Waals surface area contributed by atoms with E-state index in [2.05, 4.69) is 10.4 Å². The summed E-state index contributed by atoms with van der Waals surface area (Å²) in [6.07, 6.45) is 2.55. The van der Waals surface area contributed by atoms with Gasteiger partial charge in [0, 0.05) is 17.7 Å². The van der Waals surface area contributed by atoms with Gasteiger partial charge in [0.05, 0.1) is 18.5 Å². The van der Waals surface area contributed by atoms with Crippen LogP contribution >= 0.6 is 0 Å². The van der Waals surface area contributed by atoms with E-state index in [1.54, 1.807) is 10.9 Å². The number of ether oxygens (including phenoxy) is 2. The molecular weight excluding hydrogens is 354 g/mol. The SMILES string of the molecule is CCOc1ccc(CCNC(=O)Cn2ncc3c2-c2ccccc2OC3)cc1. The summed E-state index contributed by atoms with van der Waals surface area (Å²) in [6.45, 7) is 3.86. The van der Waals surface area contributed by atoms with Gasteiger partial charge in [-0.1, -0.05) is 24.3 Å². The number of aromatic nitrogens is 2. The number of nitrogens with one attached hydrogen (secondary N) is 1. The summed E-state index contributed by atoms with van der Waals surface area (Å²) in [7, 11) is 0. The van der Waals surface area contributed by atoms with Crippen LogP contribution in [-0.4, -0.2) is 28.8 Å². The van der Waals surface area contributed by atoms with E-state index in [0.717, 1.165) is 40.3 Å². The van der Waals surface area contributed by atoms with Crippen molar-refractivity contribution < 1.29 is 14.3 Å². The first kappa shape index (κ1) is 18.1. The van der Waals surface area contributed by atoms with Gasteiger partial charge in [-0.2, -0.15) is 5.10 Å². The Hall–Kier alpha value is -3.28. The fraction of sp³-hybridized carbons (Fsp3) is 0.273. The Morgan fingerprint density at radius 3 is 2.86 bits per heavy atom. The normalized spacial score (nSPS) is 11.9. The van der Waals surface area contributed by atoms with Crippen LogP contribution in [0.1, 0.15) is 18.1 Å². The average molecular weight is 377 g/mol. The second-order valence-electron chi connectivity index (χ2n) is 6.64. The number of benzene rings is 2. The van der Waals surface area contributed by atoms with Crippen LogP contribution in [0.25, 0.3) is 11.3 Å². The molecule has 2 aromatic carbocycles. The van der Waals surface area contributed by atoms with Crippen molar-refractivity contribution in [2.24, 2.45) is 0 Å². The number of carbonyl (C=O) groups excluding carboxylic acids is 1. The van der Waals surface area contributed by atoms with Gasteiger partial charge in [-0.15, -0.1) is 0 Å². The van der Waals surface area contributed by atoms with Crippen LogP contribution in [0.4, 0.5) is 0 Å². The Kier molecular flexibility index (Phi) is 5.28. The van der Waals surface area contributed by atoms with Crippen LogP contribution in [-0.2, 0) is 24.4 Å². The molecule has 1 N–H and O–H groups in total. The van der Waals surface area contributed by atoms with Crippen LogP contribution in [0.5, 0.6) is 11.5 Å². The van der Waals surface area contributed by atoms with E-state index in [-0.39, 0.29) is 12.5 Å². The number of hydrogen-bond acceptors (Lipinski definition) is 4. The zero-order valence-electron chi connectivity index (χ0n) is 15.9. The van der Waals surface area contributed by atoms with Crippen molar-refractivity contribution in [1.82, 2.24) is 15.1 Å². The van der Waals surface area contributed by atoms with Crippen LogP contribution in [0, 0.1) is 0 Å². The Morgan fingerprint density at radius 1 is 1.21 bits per heavy atom. The molecule has 0 bridgehead atoms. The molecule has 1 aromatic heterocycles. The molecule has 0 unspecified atom stereocenters. The van der Waals surface area contributed by atoms with E-state index in [1.165, 1.54) is 0 Å². The van der Waals surface area contributed by atoms with Crippen molar-refractivity contribution in [2.75, 3.05) is 13.2 Å². The van der Waals surface area contributed by atoms with Crippen LogP contribution < -0.4 is 14.8 Å². The van der Waals surface area contributed by atoms with Gasteiger partial charge >= 0.3 is 0 Å². The first-order valence-corrected chi connectivity index (χ1v) is 9.50. The Balaban J connectivity index is 1.35. The second-order valence-corrected chi connectivity index (χ2v) is 6.64. The summed E-state index contributed by atoms with van der Waals surface area (Å²) in [5, 5.41) is 7.37. The minimum atomic E-state index is -0.0548. The van der Waals surface area contributed by atoms with Crippen molar-refractivity contribution in [2.45, 2.75) is 26.5 Å². The lowest BCUT2D eigenvalue weighted by molar-refractivity contribution is -0.121. The molecule has 4 rings (SSSR count). The number of fused-ring (bicyclic) bond motifs is 3. The van der Waals surface area contributed by atoms with Crippen LogP contribution in [0.15, 0.2) is 54.7 Å². The minimum Gasteiger partial charge on any atom is -0.494 e. The van der Waals surface area contributed by atoms with Crippen molar-refractivity contribution in [3.05, 3.63) is 65.9 Å². The maximum Gasteiger partial charge on any atom is 0.241 e. The Labute approximate surface area is 164 Å². The number of hydrogen-bond donors (Lipinski definition) is 1. The number of carbonyl (C=O) groups is 1. The molecule has 0 atom stereocenters. The highest BCUT2D eigenvalue weighted by atomic mass is 16.5. The topological polar surface area (TPSA) is 65.4 Å². The smallest absolute Gasteiger partial charge is 0.241 e. The van der Waals surface area contributed by atoms with Gasteiger partial charge in [0.1, 0.15) is 24.7 Å².